The molecule has 1 amide bonds. The molecule has 2 aromatic rings. The zero-order valence-corrected chi connectivity index (χ0v) is 19.6. The van der Waals surface area contributed by atoms with Crippen molar-refractivity contribution in [1.82, 2.24) is 14.9 Å². The van der Waals surface area contributed by atoms with Crippen LogP contribution in [0.2, 0.25) is 0 Å². The van der Waals surface area contributed by atoms with Gasteiger partial charge in [-0.05, 0) is 25.0 Å². The Labute approximate surface area is 192 Å². The van der Waals surface area contributed by atoms with Gasteiger partial charge in [-0.15, -0.1) is 0 Å². The topological polar surface area (TPSA) is 73.2 Å². The molecule has 0 saturated carbocycles. The molecular formula is C26H39N3O3. The second-order valence-corrected chi connectivity index (χ2v) is 8.22. The van der Waals surface area contributed by atoms with E-state index in [0.29, 0.717) is 24.3 Å². The van der Waals surface area contributed by atoms with E-state index in [1.165, 1.54) is 74.9 Å². The van der Waals surface area contributed by atoms with E-state index in [2.05, 4.69) is 17.2 Å². The number of hydrogen-bond donors (Lipinski definition) is 1. The Morgan fingerprint density at radius 3 is 2.16 bits per heavy atom. The van der Waals surface area contributed by atoms with Crippen molar-refractivity contribution < 1.29 is 14.3 Å². The van der Waals surface area contributed by atoms with Gasteiger partial charge in [0.25, 0.3) is 11.8 Å². The number of unbranched alkanes of at least 4 members (excludes halogenated alkanes) is 9. The molecule has 1 aromatic heterocycles. The van der Waals surface area contributed by atoms with E-state index in [1.807, 2.05) is 0 Å². The minimum atomic E-state index is -0.270. The van der Waals surface area contributed by atoms with Gasteiger partial charge in [-0.1, -0.05) is 76.8 Å². The van der Waals surface area contributed by atoms with Gasteiger partial charge in [-0.2, -0.15) is 0 Å². The molecule has 0 aliphatic carbocycles. The van der Waals surface area contributed by atoms with Gasteiger partial charge in [0.2, 0.25) is 0 Å². The summed E-state index contributed by atoms with van der Waals surface area (Å²) in [5, 5.41) is 2.89. The normalized spacial score (nSPS) is 10.9. The zero-order valence-electron chi connectivity index (χ0n) is 19.6. The largest absolute Gasteiger partial charge is 0.381 e. The maximum atomic E-state index is 12.6. The van der Waals surface area contributed by atoms with Gasteiger partial charge in [0, 0.05) is 32.2 Å². The Balaban J connectivity index is 1.51. The van der Waals surface area contributed by atoms with Crippen LogP contribution >= 0.6 is 0 Å². The van der Waals surface area contributed by atoms with Crippen molar-refractivity contribution in [3.63, 3.8) is 0 Å². The van der Waals surface area contributed by atoms with E-state index >= 15 is 0 Å². The quantitative estimate of drug-likeness (QED) is 0.323. The Bertz CT molecular complexity index is 774. The molecule has 0 radical (unpaired) electrons. The summed E-state index contributed by atoms with van der Waals surface area (Å²) in [7, 11) is 0. The summed E-state index contributed by atoms with van der Waals surface area (Å²) >= 11 is 0. The molecule has 1 N–H and O–H groups in total. The number of hydrogen-bond acceptors (Lipinski definition) is 4. The highest BCUT2D eigenvalue weighted by molar-refractivity contribution is 6.07. The van der Waals surface area contributed by atoms with Crippen molar-refractivity contribution >= 4 is 11.8 Å². The van der Waals surface area contributed by atoms with Crippen LogP contribution in [-0.4, -0.2) is 41.1 Å². The van der Waals surface area contributed by atoms with E-state index in [1.54, 1.807) is 30.5 Å². The van der Waals surface area contributed by atoms with Crippen molar-refractivity contribution in [2.24, 2.45) is 0 Å². The van der Waals surface area contributed by atoms with Crippen LogP contribution in [0.1, 0.15) is 98.3 Å². The SMILES string of the molecule is CCCCCCCCCCCCOCCCNC(=O)c1ccccc1C(=O)n1ccnc1. The van der Waals surface area contributed by atoms with Crippen LogP contribution < -0.4 is 5.32 Å². The van der Waals surface area contributed by atoms with Crippen LogP contribution in [0.3, 0.4) is 0 Å². The number of carbonyl (C=O) groups is 2. The highest BCUT2D eigenvalue weighted by Gasteiger charge is 2.17. The summed E-state index contributed by atoms with van der Waals surface area (Å²) in [6.45, 7) is 4.19. The minimum Gasteiger partial charge on any atom is -0.381 e. The summed E-state index contributed by atoms with van der Waals surface area (Å²) in [4.78, 5) is 29.0. The summed E-state index contributed by atoms with van der Waals surface area (Å²) in [6.07, 6.45) is 18.5. The summed E-state index contributed by atoms with van der Waals surface area (Å²) < 4.78 is 7.06. The molecular weight excluding hydrogens is 402 g/mol. The Morgan fingerprint density at radius 2 is 1.50 bits per heavy atom. The van der Waals surface area contributed by atoms with Crippen molar-refractivity contribution in [2.45, 2.75) is 77.6 Å². The lowest BCUT2D eigenvalue weighted by Crippen LogP contribution is -2.27. The fourth-order valence-corrected chi connectivity index (χ4v) is 3.65. The molecule has 6 nitrogen and oxygen atoms in total. The summed E-state index contributed by atoms with van der Waals surface area (Å²) in [6, 6.07) is 6.84. The number of rotatable bonds is 17. The van der Waals surface area contributed by atoms with Gasteiger partial charge < -0.3 is 10.1 Å². The number of carbonyl (C=O) groups excluding carboxylic acids is 2. The lowest BCUT2D eigenvalue weighted by Gasteiger charge is -2.10. The van der Waals surface area contributed by atoms with Crippen LogP contribution in [0.4, 0.5) is 0 Å². The number of nitrogens with zero attached hydrogens (tertiary/aromatic N) is 2. The molecule has 0 spiro atoms. The molecule has 2 rings (SSSR count). The number of ether oxygens (including phenoxy) is 1. The average molecular weight is 442 g/mol. The molecule has 0 aliphatic heterocycles. The van der Waals surface area contributed by atoms with Crippen molar-refractivity contribution in [2.75, 3.05) is 19.8 Å². The summed E-state index contributed by atoms with van der Waals surface area (Å²) in [5.41, 5.74) is 0.734. The van der Waals surface area contributed by atoms with Crippen LogP contribution in [0.5, 0.6) is 0 Å². The van der Waals surface area contributed by atoms with Gasteiger partial charge in [-0.25, -0.2) is 4.98 Å². The molecule has 6 heteroatoms. The van der Waals surface area contributed by atoms with E-state index in [9.17, 15) is 9.59 Å². The molecule has 0 fully saturated rings. The first-order valence-corrected chi connectivity index (χ1v) is 12.2. The molecule has 0 aliphatic rings. The molecule has 176 valence electrons. The summed E-state index contributed by atoms with van der Waals surface area (Å²) in [5.74, 6) is -0.517. The first kappa shape index (κ1) is 25.8. The predicted octanol–water partition coefficient (Wildman–Crippen LogP) is 5.63. The average Bonchev–Trinajstić information content (AvgIpc) is 3.36. The molecule has 0 atom stereocenters. The van der Waals surface area contributed by atoms with Crippen molar-refractivity contribution in [3.05, 3.63) is 54.1 Å². The lowest BCUT2D eigenvalue weighted by atomic mass is 10.1. The fraction of sp³-hybridized carbons (Fsp3) is 0.577. The van der Waals surface area contributed by atoms with Crippen molar-refractivity contribution in [1.29, 1.82) is 0 Å². The molecule has 1 heterocycles. The van der Waals surface area contributed by atoms with Crippen molar-refractivity contribution in [3.8, 4) is 0 Å². The highest BCUT2D eigenvalue weighted by atomic mass is 16.5. The zero-order chi connectivity index (χ0) is 22.9. The van der Waals surface area contributed by atoms with Gasteiger partial charge in [-0.3, -0.25) is 14.2 Å². The van der Waals surface area contributed by atoms with Gasteiger partial charge in [0.15, 0.2) is 0 Å². The molecule has 0 unspecified atom stereocenters. The molecule has 0 saturated heterocycles. The Hall–Kier alpha value is -2.47. The lowest BCUT2D eigenvalue weighted by molar-refractivity contribution is 0.0914. The smallest absolute Gasteiger partial charge is 0.263 e. The Kier molecular flexibility index (Phi) is 13.1. The number of aromatic nitrogens is 2. The number of benzene rings is 1. The monoisotopic (exact) mass is 441 g/mol. The third-order valence-corrected chi connectivity index (χ3v) is 5.53. The maximum absolute atomic E-state index is 12.6. The third kappa shape index (κ3) is 9.77. The maximum Gasteiger partial charge on any atom is 0.263 e. The van der Waals surface area contributed by atoms with Crippen LogP contribution in [0.15, 0.2) is 43.0 Å². The second-order valence-electron chi connectivity index (χ2n) is 8.22. The van der Waals surface area contributed by atoms with Crippen LogP contribution in [0, 0.1) is 0 Å². The van der Waals surface area contributed by atoms with E-state index in [0.717, 1.165) is 19.4 Å². The number of amides is 1. The molecule has 0 bridgehead atoms. The first-order valence-electron chi connectivity index (χ1n) is 12.2. The molecule has 32 heavy (non-hydrogen) atoms. The van der Waals surface area contributed by atoms with Crippen LogP contribution in [-0.2, 0) is 4.74 Å². The van der Waals surface area contributed by atoms with E-state index in [4.69, 9.17) is 4.74 Å². The van der Waals surface area contributed by atoms with Gasteiger partial charge in [0.1, 0.15) is 6.33 Å². The Morgan fingerprint density at radius 1 is 0.875 bits per heavy atom. The van der Waals surface area contributed by atoms with E-state index < -0.39 is 0 Å². The van der Waals surface area contributed by atoms with Gasteiger partial charge in [0.05, 0.1) is 11.1 Å². The minimum absolute atomic E-state index is 0.247. The second kappa shape index (κ2) is 16.2. The van der Waals surface area contributed by atoms with Crippen LogP contribution in [0.25, 0.3) is 0 Å². The predicted molar refractivity (Wildman–Crippen MR) is 128 cm³/mol. The molecule has 1 aromatic carbocycles. The number of nitrogens with one attached hydrogen (secondary N) is 1. The fourth-order valence-electron chi connectivity index (χ4n) is 3.65. The third-order valence-electron chi connectivity index (χ3n) is 5.53. The first-order chi connectivity index (χ1) is 15.7. The van der Waals surface area contributed by atoms with Gasteiger partial charge >= 0.3 is 0 Å². The highest BCUT2D eigenvalue weighted by Crippen LogP contribution is 2.12. The van der Waals surface area contributed by atoms with E-state index in [-0.39, 0.29) is 11.8 Å². The number of imidazole rings is 1. The standard InChI is InChI=1S/C26H39N3O3/c1-2-3-4-5-6-7-8-9-10-13-20-32-21-14-17-28-25(30)23-15-11-12-16-24(23)26(31)29-19-18-27-22-29/h11-12,15-16,18-19,22H,2-10,13-14,17,20-21H2,1H3,(H,28,30).